The van der Waals surface area contributed by atoms with Gasteiger partial charge in [0.2, 0.25) is 5.95 Å². The summed E-state index contributed by atoms with van der Waals surface area (Å²) in [6, 6.07) is -1.16. The molecule has 21 heteroatoms. The Morgan fingerprint density at radius 3 is 2.35 bits per heavy atom. The summed E-state index contributed by atoms with van der Waals surface area (Å²) in [6.45, 7) is 1.70. The highest BCUT2D eigenvalue weighted by Crippen LogP contribution is 2.66. The van der Waals surface area contributed by atoms with Gasteiger partial charge in [0.1, 0.15) is 5.52 Å². The van der Waals surface area contributed by atoms with E-state index < -0.39 is 59.7 Å². The zero-order chi connectivity index (χ0) is 25.9. The van der Waals surface area contributed by atoms with Gasteiger partial charge in [0, 0.05) is 5.92 Å². The van der Waals surface area contributed by atoms with E-state index in [0.717, 1.165) is 6.92 Å². The van der Waals surface area contributed by atoms with Crippen LogP contribution in [0.15, 0.2) is 6.33 Å². The summed E-state index contributed by atoms with van der Waals surface area (Å²) in [5.41, 5.74) is 9.21. The molecule has 1 fully saturated rings. The highest BCUT2D eigenvalue weighted by Gasteiger charge is 2.58. The third kappa shape index (κ3) is 5.48. The Kier molecular flexibility index (Phi) is 7.03. The number of anilines is 2. The van der Waals surface area contributed by atoms with E-state index in [1.54, 1.807) is 0 Å². The Hall–Kier alpha value is -1.55. The highest BCUT2D eigenvalue weighted by molar-refractivity contribution is 7.66. The number of halogens is 1. The summed E-state index contributed by atoms with van der Waals surface area (Å²) in [5, 5.41) is 10.6. The van der Waals surface area contributed by atoms with Gasteiger partial charge in [0.25, 0.3) is 0 Å². The molecule has 2 aromatic heterocycles. The largest absolute Gasteiger partial charge is 0.490 e. The van der Waals surface area contributed by atoms with Gasteiger partial charge in [-0.25, -0.2) is 23.1 Å². The van der Waals surface area contributed by atoms with Crippen molar-refractivity contribution < 1.29 is 55.9 Å². The summed E-state index contributed by atoms with van der Waals surface area (Å²) in [4.78, 5) is 47.9. The van der Waals surface area contributed by atoms with Gasteiger partial charge in [0.05, 0.1) is 25.1 Å². The van der Waals surface area contributed by atoms with Crippen molar-refractivity contribution in [1.29, 1.82) is 0 Å². The normalized spacial score (nSPS) is 31.4. The third-order valence-corrected chi connectivity index (χ3v) is 9.15. The molecule has 34 heavy (non-hydrogen) atoms. The first-order valence-corrected chi connectivity index (χ1v) is 13.8. The maximum Gasteiger partial charge on any atom is 0.490 e. The SMILES string of the molecule is C[C@@H]1[C@H](COP(=O)(O)OP(=O)(O)OP(=O)(O)O)[C@@H](O)[C@@](C)(F)[C@@H]1n1cnc2c(N)nc(N)nc21. The van der Waals surface area contributed by atoms with E-state index in [2.05, 4.69) is 28.1 Å². The number of phosphoric ester groups is 1. The molecule has 3 rings (SSSR count). The lowest BCUT2D eigenvalue weighted by atomic mass is 9.95. The van der Waals surface area contributed by atoms with Crippen molar-refractivity contribution >= 4 is 46.4 Å². The van der Waals surface area contributed by atoms with Crippen LogP contribution in [0.3, 0.4) is 0 Å². The maximum absolute atomic E-state index is 15.7. The molecule has 0 spiro atoms. The minimum atomic E-state index is -5.73. The van der Waals surface area contributed by atoms with Crippen LogP contribution in [0.4, 0.5) is 16.2 Å². The average Bonchev–Trinajstić information content (AvgIpc) is 3.08. The molecular weight excluding hydrogens is 528 g/mol. The number of nitrogen functional groups attached to an aromatic ring is 2. The molecule has 192 valence electrons. The van der Waals surface area contributed by atoms with Crippen molar-refractivity contribution in [2.45, 2.75) is 31.7 Å². The second-order valence-corrected chi connectivity index (χ2v) is 12.2. The van der Waals surface area contributed by atoms with E-state index in [0.29, 0.717) is 0 Å². The average molecular weight is 550 g/mol. The predicted molar refractivity (Wildman–Crippen MR) is 111 cm³/mol. The number of aliphatic hydroxyl groups is 1. The van der Waals surface area contributed by atoms with E-state index in [1.807, 2.05) is 0 Å². The molecule has 17 nitrogen and oxygen atoms in total. The van der Waals surface area contributed by atoms with Crippen molar-refractivity contribution in [1.82, 2.24) is 19.5 Å². The Morgan fingerprint density at radius 1 is 1.15 bits per heavy atom. The Balaban J connectivity index is 1.84. The summed E-state index contributed by atoms with van der Waals surface area (Å²) < 4.78 is 63.1. The molecule has 7 atom stereocenters. The van der Waals surface area contributed by atoms with Crippen LogP contribution in [0.1, 0.15) is 19.9 Å². The first kappa shape index (κ1) is 27.0. The standard InChI is InChI=1S/C13H22FN6O11P3/c1-5-6(3-29-33(25,26)31-34(27,28)30-32(22,23)24)9(21)13(2,14)8(5)20-4-17-7-10(15)18-12(16)19-11(7)20/h4-6,8-9,21H,3H2,1-2H3,(H,25,26)(H,27,28)(H2,22,23,24)(H4,15,16,18,19)/t5-,6+,8-,9-,13+/m1/s1. The van der Waals surface area contributed by atoms with Crippen LogP contribution in [0, 0.1) is 11.8 Å². The Labute approximate surface area is 190 Å². The summed E-state index contributed by atoms with van der Waals surface area (Å²) >= 11 is 0. The molecular formula is C13H22FN6O11P3. The monoisotopic (exact) mass is 550 g/mol. The van der Waals surface area contributed by atoms with Crippen LogP contribution >= 0.6 is 23.5 Å². The Morgan fingerprint density at radius 2 is 1.76 bits per heavy atom. The van der Waals surface area contributed by atoms with E-state index in [-0.39, 0.29) is 22.9 Å². The molecule has 0 bridgehead atoms. The molecule has 0 saturated heterocycles. The molecule has 0 radical (unpaired) electrons. The second kappa shape index (κ2) is 8.84. The number of rotatable bonds is 8. The molecule has 0 aliphatic heterocycles. The van der Waals surface area contributed by atoms with Crippen LogP contribution in [0.2, 0.25) is 0 Å². The van der Waals surface area contributed by atoms with Crippen molar-refractivity contribution in [2.75, 3.05) is 18.1 Å². The zero-order valence-electron chi connectivity index (χ0n) is 17.4. The number of nitrogens with two attached hydrogens (primary N) is 2. The fourth-order valence-corrected chi connectivity index (χ4v) is 7.10. The molecule has 9 N–H and O–H groups in total. The number of alkyl halides is 1. The topological polar surface area (TPSA) is 276 Å². The van der Waals surface area contributed by atoms with Crippen LogP contribution in [0.5, 0.6) is 0 Å². The summed E-state index contributed by atoms with van der Waals surface area (Å²) in [6.07, 6.45) is -0.570. The molecule has 1 aliphatic rings. The fourth-order valence-electron chi connectivity index (χ4n) is 4.04. The number of imidazole rings is 1. The van der Waals surface area contributed by atoms with Gasteiger partial charge in [-0.2, -0.15) is 18.6 Å². The number of aromatic nitrogens is 4. The summed E-state index contributed by atoms with van der Waals surface area (Å²) in [7, 11) is -16.8. The number of nitrogens with zero attached hydrogens (tertiary/aromatic N) is 4. The minimum absolute atomic E-state index is 0.0581. The molecule has 1 aliphatic carbocycles. The van der Waals surface area contributed by atoms with E-state index >= 15 is 4.39 Å². The molecule has 2 aromatic rings. The van der Waals surface area contributed by atoms with Gasteiger partial charge in [-0.1, -0.05) is 6.92 Å². The molecule has 1 saturated carbocycles. The van der Waals surface area contributed by atoms with Gasteiger partial charge in [-0.05, 0) is 12.8 Å². The van der Waals surface area contributed by atoms with Crippen LogP contribution < -0.4 is 11.5 Å². The van der Waals surface area contributed by atoms with Crippen molar-refractivity contribution in [2.24, 2.45) is 11.8 Å². The lowest BCUT2D eigenvalue weighted by Gasteiger charge is -2.28. The lowest BCUT2D eigenvalue weighted by Crippen LogP contribution is -2.39. The Bertz CT molecular complexity index is 1240. The van der Waals surface area contributed by atoms with Crippen molar-refractivity contribution in [3.8, 4) is 0 Å². The van der Waals surface area contributed by atoms with Gasteiger partial charge in [-0.3, -0.25) is 4.52 Å². The third-order valence-electron chi connectivity index (χ3n) is 5.35. The number of hydrogen-bond donors (Lipinski definition) is 7. The predicted octanol–water partition coefficient (Wildman–Crippen LogP) is 0.230. The van der Waals surface area contributed by atoms with E-state index in [9.17, 15) is 28.6 Å². The fraction of sp³-hybridized carbons (Fsp3) is 0.615. The van der Waals surface area contributed by atoms with E-state index in [4.69, 9.17) is 21.3 Å². The molecule has 0 aromatic carbocycles. The zero-order valence-corrected chi connectivity index (χ0v) is 20.1. The quantitative estimate of drug-likeness (QED) is 0.217. The molecule has 2 heterocycles. The van der Waals surface area contributed by atoms with Crippen molar-refractivity contribution in [3.05, 3.63) is 6.33 Å². The van der Waals surface area contributed by atoms with Gasteiger partial charge in [-0.15, -0.1) is 0 Å². The second-order valence-electron chi connectivity index (χ2n) is 7.74. The van der Waals surface area contributed by atoms with Crippen LogP contribution in [-0.2, 0) is 26.8 Å². The number of hydrogen-bond acceptors (Lipinski definition) is 12. The van der Waals surface area contributed by atoms with Crippen molar-refractivity contribution in [3.63, 3.8) is 0 Å². The number of aliphatic hydroxyl groups excluding tert-OH is 1. The van der Waals surface area contributed by atoms with Gasteiger partial charge < -0.3 is 40.7 Å². The maximum atomic E-state index is 15.7. The van der Waals surface area contributed by atoms with Gasteiger partial charge >= 0.3 is 23.5 Å². The van der Waals surface area contributed by atoms with Crippen LogP contribution in [0.25, 0.3) is 11.2 Å². The first-order valence-electron chi connectivity index (χ1n) is 9.25. The van der Waals surface area contributed by atoms with Crippen LogP contribution in [-0.4, -0.2) is 62.6 Å². The number of phosphoric acid groups is 3. The lowest BCUT2D eigenvalue weighted by molar-refractivity contribution is -0.0198. The smallest absolute Gasteiger partial charge is 0.389 e. The molecule has 0 amide bonds. The minimum Gasteiger partial charge on any atom is -0.389 e. The number of fused-ring (bicyclic) bond motifs is 1. The first-order chi connectivity index (χ1) is 15.3. The summed E-state index contributed by atoms with van der Waals surface area (Å²) in [5.74, 6) is -2.27. The molecule has 2 unspecified atom stereocenters. The van der Waals surface area contributed by atoms with Gasteiger partial charge in [0.15, 0.2) is 17.1 Å². The van der Waals surface area contributed by atoms with E-state index in [1.165, 1.54) is 17.8 Å². The highest BCUT2D eigenvalue weighted by atomic mass is 31.3.